The molecule has 5 heteroatoms. The Balaban J connectivity index is 2.95. The molecule has 14 heavy (non-hydrogen) atoms. The van der Waals surface area contributed by atoms with Crippen LogP contribution in [0.2, 0.25) is 0 Å². The molecule has 0 saturated heterocycles. The van der Waals surface area contributed by atoms with Gasteiger partial charge in [-0.25, -0.2) is 8.78 Å². The normalized spacial score (nSPS) is 10.0. The van der Waals surface area contributed by atoms with Crippen molar-refractivity contribution >= 4 is 21.9 Å². The Kier molecular flexibility index (Phi) is 3.57. The summed E-state index contributed by atoms with van der Waals surface area (Å²) in [5.74, 6) is -2.56. The van der Waals surface area contributed by atoms with Crippen molar-refractivity contribution in [3.05, 3.63) is 28.2 Å². The van der Waals surface area contributed by atoms with Gasteiger partial charge in [0.05, 0.1) is 4.47 Å². The Morgan fingerprint density at radius 1 is 1.50 bits per heavy atom. The van der Waals surface area contributed by atoms with Gasteiger partial charge in [0.2, 0.25) is 0 Å². The molecule has 0 fully saturated rings. The highest BCUT2D eigenvalue weighted by Gasteiger charge is 2.11. The Labute approximate surface area is 88.0 Å². The molecule has 0 amide bonds. The van der Waals surface area contributed by atoms with Crippen LogP contribution in [0.25, 0.3) is 0 Å². The van der Waals surface area contributed by atoms with Gasteiger partial charge in [0.25, 0.3) is 0 Å². The molecular weight excluding hydrogens is 258 g/mol. The van der Waals surface area contributed by atoms with Gasteiger partial charge in [-0.15, -0.1) is 0 Å². The van der Waals surface area contributed by atoms with Crippen LogP contribution in [0.15, 0.2) is 16.6 Å². The molecule has 0 aliphatic carbocycles. The third-order valence-corrected chi connectivity index (χ3v) is 2.05. The van der Waals surface area contributed by atoms with E-state index in [9.17, 15) is 13.6 Å². The first-order valence-corrected chi connectivity index (χ1v) is 4.69. The third kappa shape index (κ3) is 2.51. The van der Waals surface area contributed by atoms with Gasteiger partial charge in [-0.2, -0.15) is 0 Å². The van der Waals surface area contributed by atoms with Crippen LogP contribution >= 0.6 is 15.9 Å². The fraction of sp³-hybridized carbons (Fsp3) is 0.222. The highest BCUT2D eigenvalue weighted by atomic mass is 79.9. The van der Waals surface area contributed by atoms with E-state index in [1.807, 2.05) is 0 Å². The number of hydrogen-bond donors (Lipinski definition) is 0. The third-order valence-electron chi connectivity index (χ3n) is 1.48. The smallest absolute Gasteiger partial charge is 0.310 e. The van der Waals surface area contributed by atoms with Crippen molar-refractivity contribution in [1.29, 1.82) is 0 Å². The van der Waals surface area contributed by atoms with Crippen molar-refractivity contribution in [2.24, 2.45) is 0 Å². The van der Waals surface area contributed by atoms with Crippen molar-refractivity contribution in [1.82, 2.24) is 0 Å². The second-order valence-corrected chi connectivity index (χ2v) is 3.38. The van der Waals surface area contributed by atoms with E-state index in [1.54, 1.807) is 6.92 Å². The van der Waals surface area contributed by atoms with Crippen molar-refractivity contribution in [2.45, 2.75) is 13.3 Å². The molecule has 1 rings (SSSR count). The van der Waals surface area contributed by atoms with E-state index < -0.39 is 17.6 Å². The molecule has 0 bridgehead atoms. The van der Waals surface area contributed by atoms with Crippen molar-refractivity contribution in [3.8, 4) is 5.75 Å². The lowest BCUT2D eigenvalue weighted by molar-refractivity contribution is -0.134. The summed E-state index contributed by atoms with van der Waals surface area (Å²) in [5.41, 5.74) is 0. The van der Waals surface area contributed by atoms with E-state index in [1.165, 1.54) is 6.07 Å². The summed E-state index contributed by atoms with van der Waals surface area (Å²) < 4.78 is 30.2. The lowest BCUT2D eigenvalue weighted by atomic mass is 10.3. The number of hydrogen-bond acceptors (Lipinski definition) is 2. The predicted octanol–water partition coefficient (Wildman–Crippen LogP) is 3.04. The number of carbonyl (C=O) groups excluding carboxylic acids is 1. The minimum Gasteiger partial charge on any atom is -0.426 e. The monoisotopic (exact) mass is 264 g/mol. The molecule has 0 atom stereocenters. The van der Waals surface area contributed by atoms with Crippen molar-refractivity contribution in [2.75, 3.05) is 0 Å². The maximum absolute atomic E-state index is 12.8. The Morgan fingerprint density at radius 2 is 2.14 bits per heavy atom. The molecule has 0 radical (unpaired) electrons. The zero-order chi connectivity index (χ0) is 10.7. The van der Waals surface area contributed by atoms with Crippen LogP contribution in [0.1, 0.15) is 13.3 Å². The fourth-order valence-electron chi connectivity index (χ4n) is 0.795. The van der Waals surface area contributed by atoms with E-state index in [0.717, 1.165) is 6.07 Å². The summed E-state index contributed by atoms with van der Waals surface area (Å²) in [6, 6.07) is 2.03. The molecule has 0 spiro atoms. The zero-order valence-electron chi connectivity index (χ0n) is 7.31. The average Bonchev–Trinajstić information content (AvgIpc) is 2.14. The molecule has 1 aromatic carbocycles. The van der Waals surface area contributed by atoms with Crippen LogP contribution in [0.3, 0.4) is 0 Å². The van der Waals surface area contributed by atoms with Gasteiger partial charge in [-0.1, -0.05) is 6.92 Å². The summed E-state index contributed by atoms with van der Waals surface area (Å²) in [6.45, 7) is 1.61. The summed E-state index contributed by atoms with van der Waals surface area (Å²) >= 11 is 2.80. The van der Waals surface area contributed by atoms with Crippen LogP contribution in [0.5, 0.6) is 5.75 Å². The van der Waals surface area contributed by atoms with Crippen LogP contribution in [-0.4, -0.2) is 5.97 Å². The number of halogens is 3. The van der Waals surface area contributed by atoms with E-state index in [4.69, 9.17) is 4.74 Å². The van der Waals surface area contributed by atoms with Crippen molar-refractivity contribution < 1.29 is 18.3 Å². The summed E-state index contributed by atoms with van der Waals surface area (Å²) in [4.78, 5) is 10.8. The minimum atomic E-state index is -1.06. The maximum atomic E-state index is 12.8. The highest BCUT2D eigenvalue weighted by molar-refractivity contribution is 9.10. The molecule has 1 aromatic rings. The summed E-state index contributed by atoms with van der Waals surface area (Å²) in [7, 11) is 0. The molecule has 0 aliphatic rings. The Morgan fingerprint density at radius 3 is 2.64 bits per heavy atom. The SMILES string of the molecule is CCC(=O)Oc1cc(F)c(F)c(Br)c1. The van der Waals surface area contributed by atoms with E-state index >= 15 is 0 Å². The lowest BCUT2D eigenvalue weighted by Crippen LogP contribution is -2.06. The van der Waals surface area contributed by atoms with E-state index in [-0.39, 0.29) is 16.6 Å². The second kappa shape index (κ2) is 4.50. The van der Waals surface area contributed by atoms with Crippen molar-refractivity contribution in [3.63, 3.8) is 0 Å². The van der Waals surface area contributed by atoms with Gasteiger partial charge >= 0.3 is 5.97 Å². The second-order valence-electron chi connectivity index (χ2n) is 2.53. The molecule has 0 heterocycles. The highest BCUT2D eigenvalue weighted by Crippen LogP contribution is 2.24. The van der Waals surface area contributed by atoms with E-state index in [2.05, 4.69) is 15.9 Å². The fourth-order valence-corrected chi connectivity index (χ4v) is 1.21. The van der Waals surface area contributed by atoms with Crippen LogP contribution in [0, 0.1) is 11.6 Å². The molecule has 0 saturated carbocycles. The average molecular weight is 265 g/mol. The first-order chi connectivity index (χ1) is 6.54. The standard InChI is InChI=1S/C9H7BrF2O2/c1-2-8(13)14-5-3-6(10)9(12)7(11)4-5/h3-4H,2H2,1H3. The number of esters is 1. The first kappa shape index (κ1) is 11.1. The topological polar surface area (TPSA) is 26.3 Å². The van der Waals surface area contributed by atoms with Crippen LogP contribution in [0.4, 0.5) is 8.78 Å². The Hall–Kier alpha value is -0.970. The molecule has 0 aromatic heterocycles. The van der Waals surface area contributed by atoms with Gasteiger partial charge < -0.3 is 4.74 Å². The zero-order valence-corrected chi connectivity index (χ0v) is 8.90. The molecule has 76 valence electrons. The lowest BCUT2D eigenvalue weighted by Gasteiger charge is -2.04. The van der Waals surface area contributed by atoms with Crippen LogP contribution < -0.4 is 4.74 Å². The summed E-state index contributed by atoms with van der Waals surface area (Å²) in [6.07, 6.45) is 0.177. The molecule has 0 aliphatic heterocycles. The number of rotatable bonds is 2. The van der Waals surface area contributed by atoms with Gasteiger partial charge in [0.1, 0.15) is 5.75 Å². The number of ether oxygens (including phenoxy) is 1. The maximum Gasteiger partial charge on any atom is 0.310 e. The van der Waals surface area contributed by atoms with Gasteiger partial charge in [0.15, 0.2) is 11.6 Å². The van der Waals surface area contributed by atoms with Gasteiger partial charge in [-0.05, 0) is 22.0 Å². The predicted molar refractivity (Wildman–Crippen MR) is 50.0 cm³/mol. The Bertz CT molecular complexity index is 343. The molecular formula is C9H7BrF2O2. The number of benzene rings is 1. The quantitative estimate of drug-likeness (QED) is 0.466. The van der Waals surface area contributed by atoms with E-state index in [0.29, 0.717) is 0 Å². The number of carbonyl (C=O) groups is 1. The van der Waals surface area contributed by atoms with Gasteiger partial charge in [0, 0.05) is 12.5 Å². The molecule has 0 unspecified atom stereocenters. The summed E-state index contributed by atoms with van der Waals surface area (Å²) in [5, 5.41) is 0. The van der Waals surface area contributed by atoms with Gasteiger partial charge in [-0.3, -0.25) is 4.79 Å². The largest absolute Gasteiger partial charge is 0.426 e. The first-order valence-electron chi connectivity index (χ1n) is 3.89. The van der Waals surface area contributed by atoms with Crippen LogP contribution in [-0.2, 0) is 4.79 Å². The minimum absolute atomic E-state index is 0.0115. The molecule has 0 N–H and O–H groups in total. The molecule has 2 nitrogen and oxygen atoms in total.